The molecule has 1 aromatic heterocycles. The number of benzene rings is 1. The van der Waals surface area contributed by atoms with Gasteiger partial charge in [-0.05, 0) is 36.9 Å². The van der Waals surface area contributed by atoms with Crippen molar-refractivity contribution in [1.29, 1.82) is 0 Å². The van der Waals surface area contributed by atoms with Crippen molar-refractivity contribution in [2.75, 3.05) is 18.7 Å². The van der Waals surface area contributed by atoms with Crippen LogP contribution in [0.15, 0.2) is 35.5 Å². The van der Waals surface area contributed by atoms with Gasteiger partial charge in [-0.3, -0.25) is 4.79 Å². The molecule has 1 aromatic carbocycles. The second-order valence-corrected chi connectivity index (χ2v) is 5.24. The van der Waals surface area contributed by atoms with Crippen molar-refractivity contribution in [3.05, 3.63) is 47.3 Å². The van der Waals surface area contributed by atoms with E-state index in [9.17, 15) is 4.79 Å². The van der Waals surface area contributed by atoms with Crippen molar-refractivity contribution < 1.29 is 9.53 Å². The zero-order chi connectivity index (χ0) is 15.2. The predicted molar refractivity (Wildman–Crippen MR) is 83.7 cm³/mol. The molecule has 0 unspecified atom stereocenters. The van der Waals surface area contributed by atoms with Crippen LogP contribution in [0.4, 0.5) is 5.69 Å². The molecule has 0 aliphatic rings. The topological polar surface area (TPSA) is 64.1 Å². The minimum absolute atomic E-state index is 0.245. The van der Waals surface area contributed by atoms with Gasteiger partial charge in [0.2, 0.25) is 0 Å². The van der Waals surface area contributed by atoms with E-state index in [0.717, 1.165) is 16.9 Å². The Kier molecular flexibility index (Phi) is 5.30. The number of aryl methyl sites for hydroxylation is 1. The fraction of sp³-hybridized carbons (Fsp3) is 0.267. The van der Waals surface area contributed by atoms with E-state index >= 15 is 0 Å². The summed E-state index contributed by atoms with van der Waals surface area (Å²) < 4.78 is 5.08. The van der Waals surface area contributed by atoms with Crippen LogP contribution >= 0.6 is 11.8 Å². The number of carbonyl (C=O) groups is 1. The first kappa shape index (κ1) is 15.5. The van der Waals surface area contributed by atoms with E-state index in [2.05, 4.69) is 15.3 Å². The van der Waals surface area contributed by atoms with Crippen LogP contribution in [0.3, 0.4) is 0 Å². The number of hydrogen-bond donors (Lipinski definition) is 1. The van der Waals surface area contributed by atoms with E-state index in [0.29, 0.717) is 17.5 Å². The van der Waals surface area contributed by atoms with Crippen molar-refractivity contribution in [3.63, 3.8) is 0 Å². The van der Waals surface area contributed by atoms with Crippen LogP contribution in [-0.2, 0) is 11.3 Å². The van der Waals surface area contributed by atoms with Gasteiger partial charge in [0.15, 0.2) is 5.16 Å². The Labute approximate surface area is 128 Å². The normalized spacial score (nSPS) is 10.4. The lowest BCUT2D eigenvalue weighted by Gasteiger charge is -2.08. The van der Waals surface area contributed by atoms with Gasteiger partial charge in [0.05, 0.1) is 6.61 Å². The van der Waals surface area contributed by atoms with Crippen LogP contribution in [-0.4, -0.2) is 29.2 Å². The number of anilines is 1. The van der Waals surface area contributed by atoms with Crippen LogP contribution in [0.2, 0.25) is 0 Å². The average Bonchev–Trinajstić information content (AvgIpc) is 2.47. The van der Waals surface area contributed by atoms with Gasteiger partial charge in [0.25, 0.3) is 5.91 Å². The number of methoxy groups -OCH3 is 1. The van der Waals surface area contributed by atoms with Gasteiger partial charge in [-0.15, -0.1) is 0 Å². The second-order valence-electron chi connectivity index (χ2n) is 4.47. The Hall–Kier alpha value is -1.92. The highest BCUT2D eigenvalue weighted by Crippen LogP contribution is 2.14. The molecule has 0 atom stereocenters. The average molecular weight is 303 g/mol. The lowest BCUT2D eigenvalue weighted by molar-refractivity contribution is 0.102. The summed E-state index contributed by atoms with van der Waals surface area (Å²) in [4.78, 5) is 20.7. The first-order valence-corrected chi connectivity index (χ1v) is 7.63. The van der Waals surface area contributed by atoms with E-state index in [-0.39, 0.29) is 5.91 Å². The molecule has 0 spiro atoms. The summed E-state index contributed by atoms with van der Waals surface area (Å²) in [5.74, 6) is -0.245. The van der Waals surface area contributed by atoms with Gasteiger partial charge in [-0.2, -0.15) is 0 Å². The van der Waals surface area contributed by atoms with Crippen molar-refractivity contribution in [3.8, 4) is 0 Å². The third kappa shape index (κ3) is 4.27. The number of carbonyl (C=O) groups excluding carboxylic acids is 1. The van der Waals surface area contributed by atoms with Gasteiger partial charge in [0, 0.05) is 18.5 Å². The number of hydrogen-bond acceptors (Lipinski definition) is 5. The maximum Gasteiger partial charge on any atom is 0.274 e. The Bertz CT molecular complexity index is 647. The summed E-state index contributed by atoms with van der Waals surface area (Å²) in [5, 5.41) is 3.43. The van der Waals surface area contributed by atoms with E-state index in [1.54, 1.807) is 13.2 Å². The smallest absolute Gasteiger partial charge is 0.274 e. The summed E-state index contributed by atoms with van der Waals surface area (Å²) in [5.41, 5.74) is 2.85. The highest BCUT2D eigenvalue weighted by atomic mass is 32.2. The van der Waals surface area contributed by atoms with Crippen molar-refractivity contribution in [2.24, 2.45) is 0 Å². The van der Waals surface area contributed by atoms with Crippen LogP contribution in [0.1, 0.15) is 21.7 Å². The lowest BCUT2D eigenvalue weighted by Crippen LogP contribution is -2.15. The van der Waals surface area contributed by atoms with Gasteiger partial charge >= 0.3 is 0 Å². The van der Waals surface area contributed by atoms with Crippen LogP contribution in [0.25, 0.3) is 0 Å². The molecule has 1 amide bonds. The molecule has 0 bridgehead atoms. The number of thioether (sulfide) groups is 1. The minimum Gasteiger partial charge on any atom is -0.380 e. The number of nitrogens with zero attached hydrogens (tertiary/aromatic N) is 2. The molecule has 0 aliphatic heterocycles. The number of ether oxygens (including phenoxy) is 1. The summed E-state index contributed by atoms with van der Waals surface area (Å²) >= 11 is 1.41. The second kappa shape index (κ2) is 7.19. The molecule has 21 heavy (non-hydrogen) atoms. The van der Waals surface area contributed by atoms with E-state index in [1.807, 2.05) is 37.4 Å². The zero-order valence-corrected chi connectivity index (χ0v) is 13.0. The molecule has 0 aliphatic carbocycles. The Balaban J connectivity index is 2.17. The SMILES string of the molecule is COCc1cccc(NC(=O)c2cc(C)nc(SC)n2)c1. The highest BCUT2D eigenvalue weighted by molar-refractivity contribution is 7.98. The molecule has 0 radical (unpaired) electrons. The van der Waals surface area contributed by atoms with E-state index < -0.39 is 0 Å². The lowest BCUT2D eigenvalue weighted by atomic mass is 10.2. The standard InChI is InChI=1S/C15H17N3O2S/c1-10-7-13(18-15(16-10)21-3)14(19)17-12-6-4-5-11(8-12)9-20-2/h4-8H,9H2,1-3H3,(H,17,19). The molecule has 0 fully saturated rings. The molecule has 6 heteroatoms. The quantitative estimate of drug-likeness (QED) is 0.679. The predicted octanol–water partition coefficient (Wildman–Crippen LogP) is 2.91. The van der Waals surface area contributed by atoms with Gasteiger partial charge in [0.1, 0.15) is 5.69 Å². The molecule has 5 nitrogen and oxygen atoms in total. The first-order valence-electron chi connectivity index (χ1n) is 6.41. The van der Waals surface area contributed by atoms with Crippen molar-refractivity contribution >= 4 is 23.4 Å². The molecule has 2 rings (SSSR count). The highest BCUT2D eigenvalue weighted by Gasteiger charge is 2.11. The van der Waals surface area contributed by atoms with Crippen molar-refractivity contribution in [2.45, 2.75) is 18.7 Å². The number of amides is 1. The minimum atomic E-state index is -0.245. The van der Waals surface area contributed by atoms with Crippen molar-refractivity contribution in [1.82, 2.24) is 9.97 Å². The van der Waals surface area contributed by atoms with Gasteiger partial charge in [-0.1, -0.05) is 23.9 Å². The number of nitrogens with one attached hydrogen (secondary N) is 1. The number of rotatable bonds is 5. The molecule has 1 N–H and O–H groups in total. The fourth-order valence-corrected chi connectivity index (χ4v) is 2.27. The molecule has 1 heterocycles. The largest absolute Gasteiger partial charge is 0.380 e. The zero-order valence-electron chi connectivity index (χ0n) is 12.2. The van der Waals surface area contributed by atoms with E-state index in [1.165, 1.54) is 11.8 Å². The fourth-order valence-electron chi connectivity index (χ4n) is 1.85. The Morgan fingerprint density at radius 3 is 2.86 bits per heavy atom. The van der Waals surface area contributed by atoms with Crippen LogP contribution in [0.5, 0.6) is 0 Å². The Morgan fingerprint density at radius 2 is 2.14 bits per heavy atom. The molecular formula is C15H17N3O2S. The van der Waals surface area contributed by atoms with Gasteiger partial charge in [-0.25, -0.2) is 9.97 Å². The third-order valence-electron chi connectivity index (χ3n) is 2.74. The van der Waals surface area contributed by atoms with Crippen LogP contribution < -0.4 is 5.32 Å². The maximum atomic E-state index is 12.3. The summed E-state index contributed by atoms with van der Waals surface area (Å²) in [6.45, 7) is 2.35. The van der Waals surface area contributed by atoms with Crippen LogP contribution in [0, 0.1) is 6.92 Å². The summed E-state index contributed by atoms with van der Waals surface area (Å²) in [7, 11) is 1.64. The summed E-state index contributed by atoms with van der Waals surface area (Å²) in [6, 6.07) is 9.21. The van der Waals surface area contributed by atoms with E-state index in [4.69, 9.17) is 4.74 Å². The molecular weight excluding hydrogens is 286 g/mol. The summed E-state index contributed by atoms with van der Waals surface area (Å²) in [6.07, 6.45) is 1.88. The van der Waals surface area contributed by atoms with Gasteiger partial charge < -0.3 is 10.1 Å². The third-order valence-corrected chi connectivity index (χ3v) is 3.29. The Morgan fingerprint density at radius 1 is 1.33 bits per heavy atom. The molecule has 2 aromatic rings. The molecule has 110 valence electrons. The number of aromatic nitrogens is 2. The molecule has 0 saturated carbocycles. The maximum absolute atomic E-state index is 12.3. The molecule has 0 saturated heterocycles. The monoisotopic (exact) mass is 303 g/mol. The first-order chi connectivity index (χ1) is 10.1.